The van der Waals surface area contributed by atoms with E-state index in [1.807, 2.05) is 0 Å². The smallest absolute Gasteiger partial charge is 0.411 e. The van der Waals surface area contributed by atoms with Gasteiger partial charge in [0, 0.05) is 5.69 Å². The molecule has 1 amide bonds. The minimum absolute atomic E-state index is 0.0127. The highest BCUT2D eigenvalue weighted by molar-refractivity contribution is 5.84. The lowest BCUT2D eigenvalue weighted by atomic mass is 10.2. The number of carbonyl (C=O) groups excluding carboxylic acids is 1. The van der Waals surface area contributed by atoms with E-state index in [9.17, 15) is 4.79 Å². The van der Waals surface area contributed by atoms with Crippen molar-refractivity contribution in [1.29, 1.82) is 0 Å². The van der Waals surface area contributed by atoms with Crippen LogP contribution in [0.1, 0.15) is 5.56 Å². The summed E-state index contributed by atoms with van der Waals surface area (Å²) in [6, 6.07) is 6.84. The molecule has 0 heterocycles. The van der Waals surface area contributed by atoms with Crippen LogP contribution in [0.3, 0.4) is 0 Å². The van der Waals surface area contributed by atoms with Gasteiger partial charge in [-0.15, -0.1) is 0 Å². The van der Waals surface area contributed by atoms with Crippen molar-refractivity contribution in [2.75, 3.05) is 11.9 Å². The van der Waals surface area contributed by atoms with Crippen LogP contribution in [0.4, 0.5) is 10.5 Å². The number of aliphatic hydroxyl groups excluding tert-OH is 1. The molecule has 4 heteroatoms. The number of benzene rings is 1. The van der Waals surface area contributed by atoms with Crippen molar-refractivity contribution in [2.24, 2.45) is 0 Å². The molecule has 0 saturated carbocycles. The molecule has 0 aliphatic heterocycles. The quantitative estimate of drug-likeness (QED) is 0.741. The van der Waals surface area contributed by atoms with E-state index in [2.05, 4.69) is 11.9 Å². The van der Waals surface area contributed by atoms with Crippen LogP contribution in [0.25, 0.3) is 0 Å². The summed E-state index contributed by atoms with van der Waals surface area (Å²) in [4.78, 5) is 11.1. The molecule has 0 unspecified atom stereocenters. The second-order valence-corrected chi connectivity index (χ2v) is 2.87. The molecule has 4 nitrogen and oxygen atoms in total. The van der Waals surface area contributed by atoms with Gasteiger partial charge < -0.3 is 9.84 Å². The molecule has 0 bridgehead atoms. The first-order valence-corrected chi connectivity index (χ1v) is 4.50. The number of hydrogen-bond acceptors (Lipinski definition) is 3. The molecular weight excluding hydrogens is 194 g/mol. The van der Waals surface area contributed by atoms with Gasteiger partial charge in [0.05, 0.1) is 6.61 Å². The molecule has 15 heavy (non-hydrogen) atoms. The minimum atomic E-state index is -0.522. The predicted octanol–water partition coefficient (Wildman–Crippen LogP) is 1.91. The molecule has 0 saturated heterocycles. The third-order valence-electron chi connectivity index (χ3n) is 1.72. The fourth-order valence-corrected chi connectivity index (χ4v) is 0.982. The highest BCUT2D eigenvalue weighted by atomic mass is 16.5. The molecule has 1 aromatic rings. The Morgan fingerprint density at radius 3 is 2.67 bits per heavy atom. The van der Waals surface area contributed by atoms with Crippen molar-refractivity contribution in [3.63, 3.8) is 0 Å². The minimum Gasteiger partial charge on any atom is -0.445 e. The van der Waals surface area contributed by atoms with Gasteiger partial charge in [-0.1, -0.05) is 24.8 Å². The summed E-state index contributed by atoms with van der Waals surface area (Å²) >= 11 is 0. The Hall–Kier alpha value is -1.81. The van der Waals surface area contributed by atoms with Gasteiger partial charge >= 0.3 is 6.09 Å². The second kappa shape index (κ2) is 5.82. The van der Waals surface area contributed by atoms with Gasteiger partial charge in [0.25, 0.3) is 0 Å². The van der Waals surface area contributed by atoms with Crippen molar-refractivity contribution >= 4 is 11.8 Å². The van der Waals surface area contributed by atoms with E-state index < -0.39 is 6.09 Å². The third-order valence-corrected chi connectivity index (χ3v) is 1.72. The molecule has 0 fully saturated rings. The summed E-state index contributed by atoms with van der Waals surface area (Å²) in [5.41, 5.74) is 1.42. The predicted molar refractivity (Wildman–Crippen MR) is 57.5 cm³/mol. The highest BCUT2D eigenvalue weighted by Gasteiger charge is 2.01. The monoisotopic (exact) mass is 207 g/mol. The van der Waals surface area contributed by atoms with Crippen LogP contribution >= 0.6 is 0 Å². The Kier molecular flexibility index (Phi) is 4.37. The SMILES string of the molecule is C=CCOC(=O)Nc1ccc(CO)cc1. The summed E-state index contributed by atoms with van der Waals surface area (Å²) in [7, 11) is 0. The summed E-state index contributed by atoms with van der Waals surface area (Å²) in [5, 5.41) is 11.3. The van der Waals surface area contributed by atoms with E-state index in [4.69, 9.17) is 9.84 Å². The van der Waals surface area contributed by atoms with Gasteiger partial charge in [-0.25, -0.2) is 4.79 Å². The van der Waals surface area contributed by atoms with Gasteiger partial charge in [0.2, 0.25) is 0 Å². The van der Waals surface area contributed by atoms with Crippen molar-refractivity contribution in [3.05, 3.63) is 42.5 Å². The molecule has 0 aliphatic rings. The topological polar surface area (TPSA) is 58.6 Å². The molecule has 1 rings (SSSR count). The number of anilines is 1. The Morgan fingerprint density at radius 2 is 2.13 bits per heavy atom. The lowest BCUT2D eigenvalue weighted by molar-refractivity contribution is 0.174. The molecule has 0 spiro atoms. The van der Waals surface area contributed by atoms with Crippen LogP contribution in [-0.2, 0) is 11.3 Å². The fraction of sp³-hybridized carbons (Fsp3) is 0.182. The van der Waals surface area contributed by atoms with Crippen LogP contribution in [0.5, 0.6) is 0 Å². The van der Waals surface area contributed by atoms with Crippen molar-refractivity contribution < 1.29 is 14.6 Å². The zero-order chi connectivity index (χ0) is 11.1. The van der Waals surface area contributed by atoms with Crippen molar-refractivity contribution in [2.45, 2.75) is 6.61 Å². The lowest BCUT2D eigenvalue weighted by Crippen LogP contribution is -2.13. The molecule has 0 radical (unpaired) electrons. The zero-order valence-electron chi connectivity index (χ0n) is 8.27. The molecule has 2 N–H and O–H groups in total. The Morgan fingerprint density at radius 1 is 1.47 bits per heavy atom. The van der Waals surface area contributed by atoms with Crippen molar-refractivity contribution in [1.82, 2.24) is 0 Å². The van der Waals surface area contributed by atoms with Gasteiger partial charge in [-0.2, -0.15) is 0 Å². The number of ether oxygens (including phenoxy) is 1. The van der Waals surface area contributed by atoms with Crippen LogP contribution in [0, 0.1) is 0 Å². The van der Waals surface area contributed by atoms with Crippen LogP contribution < -0.4 is 5.32 Å². The van der Waals surface area contributed by atoms with E-state index in [0.717, 1.165) is 5.56 Å². The number of amides is 1. The van der Waals surface area contributed by atoms with Gasteiger partial charge in [-0.3, -0.25) is 5.32 Å². The number of nitrogens with one attached hydrogen (secondary N) is 1. The number of carbonyl (C=O) groups is 1. The summed E-state index contributed by atoms with van der Waals surface area (Å²) < 4.78 is 4.73. The zero-order valence-corrected chi connectivity index (χ0v) is 8.27. The maximum atomic E-state index is 11.1. The molecule has 0 aliphatic carbocycles. The number of rotatable bonds is 4. The average molecular weight is 207 g/mol. The Bertz CT molecular complexity index is 332. The first-order valence-electron chi connectivity index (χ1n) is 4.50. The van der Waals surface area contributed by atoms with E-state index in [0.29, 0.717) is 5.69 Å². The largest absolute Gasteiger partial charge is 0.445 e. The fourth-order valence-electron chi connectivity index (χ4n) is 0.982. The summed E-state index contributed by atoms with van der Waals surface area (Å²) in [6.45, 7) is 3.60. The van der Waals surface area contributed by atoms with E-state index >= 15 is 0 Å². The molecule has 0 atom stereocenters. The third kappa shape index (κ3) is 3.83. The maximum Gasteiger partial charge on any atom is 0.411 e. The van der Waals surface area contributed by atoms with Crippen LogP contribution in [0.15, 0.2) is 36.9 Å². The van der Waals surface area contributed by atoms with E-state index in [1.165, 1.54) is 6.08 Å². The highest BCUT2D eigenvalue weighted by Crippen LogP contribution is 2.09. The van der Waals surface area contributed by atoms with E-state index in [1.54, 1.807) is 24.3 Å². The number of hydrogen-bond donors (Lipinski definition) is 2. The lowest BCUT2D eigenvalue weighted by Gasteiger charge is -2.05. The van der Waals surface area contributed by atoms with Gasteiger partial charge in [0.15, 0.2) is 0 Å². The molecule has 80 valence electrons. The Labute approximate surface area is 88.2 Å². The maximum absolute atomic E-state index is 11.1. The first kappa shape index (κ1) is 11.3. The van der Waals surface area contributed by atoms with Crippen LogP contribution in [0.2, 0.25) is 0 Å². The molecular formula is C11H13NO3. The number of aliphatic hydroxyl groups is 1. The molecule has 1 aromatic carbocycles. The first-order chi connectivity index (χ1) is 7.26. The van der Waals surface area contributed by atoms with Gasteiger partial charge in [-0.05, 0) is 17.7 Å². The summed E-state index contributed by atoms with van der Waals surface area (Å²) in [5.74, 6) is 0. The summed E-state index contributed by atoms with van der Waals surface area (Å²) in [6.07, 6.45) is 0.973. The van der Waals surface area contributed by atoms with Gasteiger partial charge in [0.1, 0.15) is 6.61 Å². The average Bonchev–Trinajstić information content (AvgIpc) is 2.27. The van der Waals surface area contributed by atoms with Crippen LogP contribution in [-0.4, -0.2) is 17.8 Å². The molecule has 0 aromatic heterocycles. The standard InChI is InChI=1S/C11H13NO3/c1-2-7-15-11(14)12-10-5-3-9(8-13)4-6-10/h2-6,13H,1,7-8H2,(H,12,14). The Balaban J connectivity index is 2.49. The van der Waals surface area contributed by atoms with Crippen molar-refractivity contribution in [3.8, 4) is 0 Å². The normalized spacial score (nSPS) is 9.40. The van der Waals surface area contributed by atoms with E-state index in [-0.39, 0.29) is 13.2 Å². The second-order valence-electron chi connectivity index (χ2n) is 2.87.